The summed E-state index contributed by atoms with van der Waals surface area (Å²) >= 11 is 0. The zero-order chi connectivity index (χ0) is 17.6. The first kappa shape index (κ1) is 16.0. The first-order valence-electron chi connectivity index (χ1n) is 9.51. The first-order chi connectivity index (χ1) is 12.7. The maximum atomic E-state index is 11.1. The number of β-amino-alcohol motifs (C(OH)–C–C–N with tert-alkyl or cyclic N) is 1. The van der Waals surface area contributed by atoms with Crippen molar-refractivity contribution in [3.8, 4) is 0 Å². The van der Waals surface area contributed by atoms with Gasteiger partial charge in [0.1, 0.15) is 0 Å². The van der Waals surface area contributed by atoms with Gasteiger partial charge in [-0.05, 0) is 49.9 Å². The fourth-order valence-corrected chi connectivity index (χ4v) is 4.14. The molecule has 1 aliphatic carbocycles. The maximum Gasteiger partial charge on any atom is 0.229 e. The predicted molar refractivity (Wildman–Crippen MR) is 97.7 cm³/mol. The van der Waals surface area contributed by atoms with Gasteiger partial charge < -0.3 is 14.6 Å². The monoisotopic (exact) mass is 352 g/mol. The molecule has 0 amide bonds. The van der Waals surface area contributed by atoms with Crippen LogP contribution in [0.5, 0.6) is 0 Å². The van der Waals surface area contributed by atoms with Gasteiger partial charge in [0.15, 0.2) is 5.82 Å². The standard InChI is InChI=1S/C20H24N4O2/c25-20(11-18-22-19(23-26-18)14-5-6-14)8-2-10-24(13-20)12-15-3-1-4-17-16(15)7-9-21-17/h1,3-4,7,9,14,21,25H,2,5-6,8,10-13H2. The summed E-state index contributed by atoms with van der Waals surface area (Å²) in [7, 11) is 0. The summed E-state index contributed by atoms with van der Waals surface area (Å²) in [5, 5.41) is 16.5. The topological polar surface area (TPSA) is 78.2 Å². The molecule has 1 aromatic carbocycles. The molecule has 5 rings (SSSR count). The quantitative estimate of drug-likeness (QED) is 0.738. The van der Waals surface area contributed by atoms with Gasteiger partial charge in [0.05, 0.1) is 12.0 Å². The Morgan fingerprint density at radius 2 is 2.23 bits per heavy atom. The summed E-state index contributed by atoms with van der Waals surface area (Å²) in [5.74, 6) is 1.87. The highest BCUT2D eigenvalue weighted by atomic mass is 16.5. The molecule has 0 bridgehead atoms. The lowest BCUT2D eigenvalue weighted by atomic mass is 9.89. The summed E-state index contributed by atoms with van der Waals surface area (Å²) in [4.78, 5) is 10.1. The van der Waals surface area contributed by atoms with Crippen LogP contribution < -0.4 is 0 Å². The molecule has 3 heterocycles. The Hall–Kier alpha value is -2.18. The van der Waals surface area contributed by atoms with Crippen LogP contribution in [0.25, 0.3) is 10.9 Å². The van der Waals surface area contributed by atoms with Crippen molar-refractivity contribution in [2.75, 3.05) is 13.1 Å². The number of fused-ring (bicyclic) bond motifs is 1. The van der Waals surface area contributed by atoms with Crippen LogP contribution in [-0.4, -0.2) is 43.8 Å². The Kier molecular flexibility index (Phi) is 3.83. The van der Waals surface area contributed by atoms with Crippen LogP contribution in [0.2, 0.25) is 0 Å². The van der Waals surface area contributed by atoms with Crippen molar-refractivity contribution in [3.63, 3.8) is 0 Å². The van der Waals surface area contributed by atoms with E-state index >= 15 is 0 Å². The lowest BCUT2D eigenvalue weighted by Gasteiger charge is -2.38. The Morgan fingerprint density at radius 3 is 3.12 bits per heavy atom. The molecule has 1 atom stereocenters. The Labute approximate surface area is 152 Å². The van der Waals surface area contributed by atoms with E-state index in [0.717, 1.165) is 50.1 Å². The molecule has 0 spiro atoms. The van der Waals surface area contributed by atoms with Crippen molar-refractivity contribution in [1.82, 2.24) is 20.0 Å². The number of nitrogens with zero attached hydrogens (tertiary/aromatic N) is 3. The highest BCUT2D eigenvalue weighted by molar-refractivity contribution is 5.82. The van der Waals surface area contributed by atoms with Gasteiger partial charge in [0.25, 0.3) is 0 Å². The number of aromatic amines is 1. The number of rotatable bonds is 5. The van der Waals surface area contributed by atoms with Crippen molar-refractivity contribution in [2.24, 2.45) is 0 Å². The van der Waals surface area contributed by atoms with E-state index in [9.17, 15) is 5.11 Å². The fraction of sp³-hybridized carbons (Fsp3) is 0.500. The first-order valence-corrected chi connectivity index (χ1v) is 9.51. The molecule has 2 fully saturated rings. The van der Waals surface area contributed by atoms with Crippen molar-refractivity contribution >= 4 is 10.9 Å². The lowest BCUT2D eigenvalue weighted by molar-refractivity contribution is -0.0372. The van der Waals surface area contributed by atoms with Gasteiger partial charge in [-0.25, -0.2) is 0 Å². The van der Waals surface area contributed by atoms with Gasteiger partial charge >= 0.3 is 0 Å². The molecule has 2 aromatic heterocycles. The van der Waals surface area contributed by atoms with E-state index in [1.807, 2.05) is 6.20 Å². The normalized spacial score (nSPS) is 24.3. The Morgan fingerprint density at radius 1 is 1.31 bits per heavy atom. The van der Waals surface area contributed by atoms with Gasteiger partial charge in [0, 0.05) is 36.1 Å². The summed E-state index contributed by atoms with van der Waals surface area (Å²) in [5.41, 5.74) is 1.66. The van der Waals surface area contributed by atoms with Crippen LogP contribution in [0.3, 0.4) is 0 Å². The van der Waals surface area contributed by atoms with Gasteiger partial charge in [-0.2, -0.15) is 4.98 Å². The van der Waals surface area contributed by atoms with Crippen LogP contribution in [0.1, 0.15) is 48.9 Å². The Bertz CT molecular complexity index is 913. The van der Waals surface area contributed by atoms with Crippen LogP contribution in [0, 0.1) is 0 Å². The molecule has 1 aliphatic heterocycles. The number of H-pyrrole nitrogens is 1. The number of piperidine rings is 1. The molecule has 6 nitrogen and oxygen atoms in total. The summed E-state index contributed by atoms with van der Waals surface area (Å²) in [6.45, 7) is 2.48. The molecule has 1 saturated heterocycles. The van der Waals surface area contributed by atoms with E-state index in [-0.39, 0.29) is 0 Å². The Balaban J connectivity index is 1.29. The van der Waals surface area contributed by atoms with Gasteiger partial charge in [-0.15, -0.1) is 0 Å². The predicted octanol–water partition coefficient (Wildman–Crippen LogP) is 3.00. The van der Waals surface area contributed by atoms with Crippen LogP contribution in [0.15, 0.2) is 35.0 Å². The molecule has 1 unspecified atom stereocenters. The van der Waals surface area contributed by atoms with Crippen molar-refractivity contribution in [2.45, 2.75) is 50.2 Å². The lowest BCUT2D eigenvalue weighted by Crippen LogP contribution is -2.49. The minimum atomic E-state index is -0.794. The maximum absolute atomic E-state index is 11.1. The van der Waals surface area contributed by atoms with Crippen molar-refractivity contribution in [3.05, 3.63) is 47.7 Å². The van der Waals surface area contributed by atoms with Gasteiger partial charge in [0.2, 0.25) is 5.89 Å². The molecule has 26 heavy (non-hydrogen) atoms. The van der Waals surface area contributed by atoms with Crippen molar-refractivity contribution in [1.29, 1.82) is 0 Å². The highest BCUT2D eigenvalue weighted by Gasteiger charge is 2.36. The third-order valence-corrected chi connectivity index (χ3v) is 5.62. The van der Waals surface area contributed by atoms with E-state index in [1.54, 1.807) is 0 Å². The van der Waals surface area contributed by atoms with Crippen LogP contribution in [-0.2, 0) is 13.0 Å². The fourth-order valence-electron chi connectivity index (χ4n) is 4.14. The zero-order valence-electron chi connectivity index (χ0n) is 14.8. The molecule has 2 aliphatic rings. The highest BCUT2D eigenvalue weighted by Crippen LogP contribution is 2.38. The average molecular weight is 352 g/mol. The largest absolute Gasteiger partial charge is 0.388 e. The number of aliphatic hydroxyl groups is 1. The minimum Gasteiger partial charge on any atom is -0.388 e. The van der Waals surface area contributed by atoms with E-state index in [0.29, 0.717) is 24.8 Å². The number of likely N-dealkylation sites (tertiary alicyclic amines) is 1. The second-order valence-corrected chi connectivity index (χ2v) is 7.89. The molecule has 136 valence electrons. The smallest absolute Gasteiger partial charge is 0.229 e. The van der Waals surface area contributed by atoms with Crippen LogP contribution in [0.4, 0.5) is 0 Å². The van der Waals surface area contributed by atoms with Crippen molar-refractivity contribution < 1.29 is 9.63 Å². The van der Waals surface area contributed by atoms with Gasteiger partial charge in [-0.3, -0.25) is 4.90 Å². The van der Waals surface area contributed by atoms with E-state index in [2.05, 4.69) is 44.3 Å². The van der Waals surface area contributed by atoms with Crippen LogP contribution >= 0.6 is 0 Å². The molecule has 0 radical (unpaired) electrons. The summed E-state index contributed by atoms with van der Waals surface area (Å²) < 4.78 is 5.39. The van der Waals surface area contributed by atoms with Gasteiger partial charge in [-0.1, -0.05) is 17.3 Å². The number of aromatic nitrogens is 3. The minimum absolute atomic E-state index is 0.442. The zero-order valence-corrected chi connectivity index (χ0v) is 14.8. The summed E-state index contributed by atoms with van der Waals surface area (Å²) in [6, 6.07) is 8.48. The average Bonchev–Trinajstić information content (AvgIpc) is 3.17. The molecule has 3 aromatic rings. The second kappa shape index (κ2) is 6.21. The number of hydrogen-bond acceptors (Lipinski definition) is 5. The van der Waals surface area contributed by atoms with E-state index < -0.39 is 5.60 Å². The van der Waals surface area contributed by atoms with E-state index in [1.165, 1.54) is 10.9 Å². The molecule has 2 N–H and O–H groups in total. The molecule has 6 heteroatoms. The number of benzene rings is 1. The summed E-state index contributed by atoms with van der Waals surface area (Å²) in [6.07, 6.45) is 6.48. The molecular formula is C20H24N4O2. The molecular weight excluding hydrogens is 328 g/mol. The second-order valence-electron chi connectivity index (χ2n) is 7.89. The third kappa shape index (κ3) is 3.15. The number of nitrogens with one attached hydrogen (secondary N) is 1. The third-order valence-electron chi connectivity index (χ3n) is 5.62. The SMILES string of the molecule is OC1(Cc2nc(C3CC3)no2)CCCN(Cc2cccc3[nH]ccc23)C1. The molecule has 1 saturated carbocycles. The number of hydrogen-bond donors (Lipinski definition) is 2. The van der Waals surface area contributed by atoms with E-state index in [4.69, 9.17) is 4.52 Å².